The fraction of sp³-hybridized carbons (Fsp3) is 0.600. The summed E-state index contributed by atoms with van der Waals surface area (Å²) in [6.07, 6.45) is 4.85. The molecule has 19 heavy (non-hydrogen) atoms. The molecular formula is C15H23NO3. The smallest absolute Gasteiger partial charge is 0.126 e. The quantitative estimate of drug-likeness (QED) is 0.769. The maximum Gasteiger partial charge on any atom is 0.126 e. The molecule has 1 unspecified atom stereocenters. The monoisotopic (exact) mass is 265 g/mol. The Bertz CT molecular complexity index is 367. The van der Waals surface area contributed by atoms with Gasteiger partial charge < -0.3 is 19.5 Å². The van der Waals surface area contributed by atoms with Crippen LogP contribution in [-0.2, 0) is 0 Å². The summed E-state index contributed by atoms with van der Waals surface area (Å²) in [6.45, 7) is 1.90. The third-order valence-electron chi connectivity index (χ3n) is 3.45. The highest BCUT2D eigenvalue weighted by atomic mass is 16.5. The molecule has 2 rings (SSSR count). The van der Waals surface area contributed by atoms with E-state index in [1.807, 2.05) is 18.2 Å². The predicted octanol–water partition coefficient (Wildman–Crippen LogP) is 2.61. The molecule has 1 fully saturated rings. The Morgan fingerprint density at radius 1 is 1.11 bits per heavy atom. The van der Waals surface area contributed by atoms with Crippen molar-refractivity contribution >= 4 is 0 Å². The van der Waals surface area contributed by atoms with E-state index in [9.17, 15) is 0 Å². The number of methoxy groups -OCH3 is 2. The van der Waals surface area contributed by atoms with Crippen LogP contribution < -0.4 is 19.5 Å². The van der Waals surface area contributed by atoms with Crippen molar-refractivity contribution in [2.45, 2.75) is 31.7 Å². The molecule has 0 aromatic heterocycles. The second-order valence-electron chi connectivity index (χ2n) is 4.83. The maximum atomic E-state index is 5.76. The van der Waals surface area contributed by atoms with E-state index in [1.54, 1.807) is 14.2 Å². The van der Waals surface area contributed by atoms with Crippen LogP contribution in [0.15, 0.2) is 18.2 Å². The summed E-state index contributed by atoms with van der Waals surface area (Å²) < 4.78 is 16.2. The lowest BCUT2D eigenvalue weighted by molar-refractivity contribution is 0.294. The van der Waals surface area contributed by atoms with Gasteiger partial charge in [0.1, 0.15) is 17.2 Å². The zero-order valence-corrected chi connectivity index (χ0v) is 11.8. The van der Waals surface area contributed by atoms with Gasteiger partial charge in [0.2, 0.25) is 0 Å². The topological polar surface area (TPSA) is 39.7 Å². The molecule has 1 heterocycles. The Kier molecular flexibility index (Phi) is 5.33. The molecule has 0 aliphatic carbocycles. The molecule has 0 spiro atoms. The average molecular weight is 265 g/mol. The Morgan fingerprint density at radius 2 is 1.79 bits per heavy atom. The van der Waals surface area contributed by atoms with Gasteiger partial charge in [-0.25, -0.2) is 0 Å². The second-order valence-corrected chi connectivity index (χ2v) is 4.83. The van der Waals surface area contributed by atoms with Crippen LogP contribution in [0.5, 0.6) is 17.2 Å². The zero-order chi connectivity index (χ0) is 13.5. The summed E-state index contributed by atoms with van der Waals surface area (Å²) in [7, 11) is 3.29. The van der Waals surface area contributed by atoms with E-state index in [4.69, 9.17) is 14.2 Å². The minimum Gasteiger partial charge on any atom is -0.496 e. The van der Waals surface area contributed by atoms with Gasteiger partial charge in [0.15, 0.2) is 0 Å². The molecule has 0 amide bonds. The van der Waals surface area contributed by atoms with Gasteiger partial charge in [0.05, 0.1) is 20.8 Å². The zero-order valence-electron chi connectivity index (χ0n) is 11.8. The Morgan fingerprint density at radius 3 is 2.37 bits per heavy atom. The standard InChI is InChI=1S/C15H23NO3/c1-17-13-9-14(18-2)11-15(10-13)19-8-4-6-12-5-3-7-16-12/h9-12,16H,3-8H2,1-2H3. The number of rotatable bonds is 7. The van der Waals surface area contributed by atoms with E-state index in [-0.39, 0.29) is 0 Å². The number of benzene rings is 1. The Labute approximate surface area is 115 Å². The largest absolute Gasteiger partial charge is 0.496 e. The molecule has 4 nitrogen and oxygen atoms in total. The normalized spacial score (nSPS) is 18.3. The first-order chi connectivity index (χ1) is 9.31. The van der Waals surface area contributed by atoms with Crippen molar-refractivity contribution in [3.05, 3.63) is 18.2 Å². The summed E-state index contributed by atoms with van der Waals surface area (Å²) in [5, 5.41) is 3.50. The van der Waals surface area contributed by atoms with Crippen LogP contribution in [0.4, 0.5) is 0 Å². The van der Waals surface area contributed by atoms with Crippen molar-refractivity contribution < 1.29 is 14.2 Å². The van der Waals surface area contributed by atoms with Crippen LogP contribution in [-0.4, -0.2) is 33.4 Å². The van der Waals surface area contributed by atoms with E-state index in [1.165, 1.54) is 25.8 Å². The summed E-state index contributed by atoms with van der Waals surface area (Å²) in [5.41, 5.74) is 0. The van der Waals surface area contributed by atoms with Crippen LogP contribution in [0.2, 0.25) is 0 Å². The molecule has 1 aliphatic rings. The van der Waals surface area contributed by atoms with Crippen molar-refractivity contribution in [1.29, 1.82) is 0 Å². The van der Waals surface area contributed by atoms with Gasteiger partial charge in [-0.2, -0.15) is 0 Å². The van der Waals surface area contributed by atoms with Crippen LogP contribution in [0.1, 0.15) is 25.7 Å². The van der Waals surface area contributed by atoms with E-state index >= 15 is 0 Å². The molecule has 1 atom stereocenters. The molecule has 0 bridgehead atoms. The lowest BCUT2D eigenvalue weighted by atomic mass is 10.1. The first kappa shape index (κ1) is 14.0. The summed E-state index contributed by atoms with van der Waals surface area (Å²) in [6, 6.07) is 6.30. The maximum absolute atomic E-state index is 5.76. The van der Waals surface area contributed by atoms with Crippen molar-refractivity contribution in [3.8, 4) is 17.2 Å². The molecule has 1 aromatic carbocycles. The minimum absolute atomic E-state index is 0.684. The predicted molar refractivity (Wildman–Crippen MR) is 75.3 cm³/mol. The number of hydrogen-bond donors (Lipinski definition) is 1. The van der Waals surface area contributed by atoms with Gasteiger partial charge in [-0.1, -0.05) is 0 Å². The van der Waals surface area contributed by atoms with Crippen LogP contribution >= 0.6 is 0 Å². The van der Waals surface area contributed by atoms with Gasteiger partial charge >= 0.3 is 0 Å². The summed E-state index contributed by atoms with van der Waals surface area (Å²) in [5.74, 6) is 2.31. The van der Waals surface area contributed by atoms with Crippen molar-refractivity contribution in [2.24, 2.45) is 0 Å². The fourth-order valence-electron chi connectivity index (χ4n) is 2.39. The number of ether oxygens (including phenoxy) is 3. The van der Waals surface area contributed by atoms with E-state index in [0.717, 1.165) is 30.3 Å². The minimum atomic E-state index is 0.684. The molecular weight excluding hydrogens is 242 g/mol. The van der Waals surface area contributed by atoms with E-state index in [0.29, 0.717) is 6.04 Å². The van der Waals surface area contributed by atoms with Gasteiger partial charge in [0, 0.05) is 24.2 Å². The van der Waals surface area contributed by atoms with Crippen molar-refractivity contribution in [2.75, 3.05) is 27.4 Å². The highest BCUT2D eigenvalue weighted by Gasteiger charge is 2.13. The molecule has 1 aliphatic heterocycles. The highest BCUT2D eigenvalue weighted by molar-refractivity contribution is 5.41. The summed E-state index contributed by atoms with van der Waals surface area (Å²) >= 11 is 0. The summed E-state index contributed by atoms with van der Waals surface area (Å²) in [4.78, 5) is 0. The SMILES string of the molecule is COc1cc(OC)cc(OCCCC2CCCN2)c1. The fourth-order valence-corrected chi connectivity index (χ4v) is 2.39. The third kappa shape index (κ3) is 4.31. The first-order valence-electron chi connectivity index (χ1n) is 6.91. The third-order valence-corrected chi connectivity index (χ3v) is 3.45. The lowest BCUT2D eigenvalue weighted by Crippen LogP contribution is -2.21. The lowest BCUT2D eigenvalue weighted by Gasteiger charge is -2.12. The molecule has 4 heteroatoms. The van der Waals surface area contributed by atoms with Gasteiger partial charge in [-0.15, -0.1) is 0 Å². The van der Waals surface area contributed by atoms with Gasteiger partial charge in [-0.3, -0.25) is 0 Å². The van der Waals surface area contributed by atoms with Gasteiger partial charge in [-0.05, 0) is 32.2 Å². The van der Waals surface area contributed by atoms with Gasteiger partial charge in [0.25, 0.3) is 0 Å². The van der Waals surface area contributed by atoms with Crippen molar-refractivity contribution in [3.63, 3.8) is 0 Å². The second kappa shape index (κ2) is 7.24. The number of hydrogen-bond acceptors (Lipinski definition) is 4. The molecule has 1 N–H and O–H groups in total. The molecule has 106 valence electrons. The molecule has 1 saturated heterocycles. The molecule has 1 aromatic rings. The van der Waals surface area contributed by atoms with Crippen LogP contribution in [0.25, 0.3) is 0 Å². The first-order valence-corrected chi connectivity index (χ1v) is 6.91. The van der Waals surface area contributed by atoms with Crippen molar-refractivity contribution in [1.82, 2.24) is 5.32 Å². The van der Waals surface area contributed by atoms with Crippen LogP contribution in [0.3, 0.4) is 0 Å². The Hall–Kier alpha value is -1.42. The van der Waals surface area contributed by atoms with E-state index in [2.05, 4.69) is 5.32 Å². The Balaban J connectivity index is 1.77. The highest BCUT2D eigenvalue weighted by Crippen LogP contribution is 2.27. The van der Waals surface area contributed by atoms with E-state index < -0.39 is 0 Å². The molecule has 0 saturated carbocycles. The molecule has 0 radical (unpaired) electrons. The number of nitrogens with one attached hydrogen (secondary N) is 1. The average Bonchev–Trinajstić information content (AvgIpc) is 2.96. The van der Waals surface area contributed by atoms with Crippen LogP contribution in [0, 0.1) is 0 Å².